The zero-order valence-corrected chi connectivity index (χ0v) is 18.4. The molecule has 30 heavy (non-hydrogen) atoms. The second kappa shape index (κ2) is 8.40. The van der Waals surface area contributed by atoms with Crippen LogP contribution < -0.4 is 5.32 Å². The summed E-state index contributed by atoms with van der Waals surface area (Å²) in [5, 5.41) is 3.01. The SMILES string of the molecule is Cc1cc(C)c(NC(=O)c2sc(-c3ccccc3Cl)nc2C(F)(F)F)c(C(C)C)c1. The fourth-order valence-corrected chi connectivity index (χ4v) is 4.51. The van der Waals surface area contributed by atoms with Crippen molar-refractivity contribution in [1.82, 2.24) is 4.98 Å². The Bertz CT molecular complexity index is 1110. The molecule has 0 saturated heterocycles. The van der Waals surface area contributed by atoms with E-state index in [-0.39, 0.29) is 15.9 Å². The lowest BCUT2D eigenvalue weighted by molar-refractivity contribution is -0.140. The zero-order chi connectivity index (χ0) is 22.2. The van der Waals surface area contributed by atoms with E-state index in [1.54, 1.807) is 24.3 Å². The van der Waals surface area contributed by atoms with E-state index < -0.39 is 22.7 Å². The molecule has 8 heteroatoms. The highest BCUT2D eigenvalue weighted by molar-refractivity contribution is 7.17. The summed E-state index contributed by atoms with van der Waals surface area (Å²) in [4.78, 5) is 16.2. The van der Waals surface area contributed by atoms with Crippen molar-refractivity contribution in [3.63, 3.8) is 0 Å². The minimum atomic E-state index is -4.77. The lowest BCUT2D eigenvalue weighted by atomic mass is 9.95. The molecule has 0 fully saturated rings. The van der Waals surface area contributed by atoms with Gasteiger partial charge in [-0.2, -0.15) is 13.2 Å². The number of rotatable bonds is 4. The van der Waals surface area contributed by atoms with Gasteiger partial charge in [0, 0.05) is 11.3 Å². The van der Waals surface area contributed by atoms with Crippen molar-refractivity contribution in [3.05, 3.63) is 68.7 Å². The molecule has 0 unspecified atom stereocenters. The molecule has 3 rings (SSSR count). The van der Waals surface area contributed by atoms with Crippen molar-refractivity contribution in [2.24, 2.45) is 0 Å². The van der Waals surface area contributed by atoms with Crippen LogP contribution in [-0.4, -0.2) is 10.9 Å². The highest BCUT2D eigenvalue weighted by atomic mass is 35.5. The van der Waals surface area contributed by atoms with Crippen molar-refractivity contribution >= 4 is 34.5 Å². The van der Waals surface area contributed by atoms with E-state index in [1.807, 2.05) is 39.8 Å². The molecule has 0 aliphatic heterocycles. The summed E-state index contributed by atoms with van der Waals surface area (Å²) < 4.78 is 40.9. The van der Waals surface area contributed by atoms with Gasteiger partial charge in [0.2, 0.25) is 0 Å². The van der Waals surface area contributed by atoms with Crippen LogP contribution in [-0.2, 0) is 6.18 Å². The zero-order valence-electron chi connectivity index (χ0n) is 16.8. The molecular weight excluding hydrogens is 433 g/mol. The van der Waals surface area contributed by atoms with Crippen LogP contribution in [0.3, 0.4) is 0 Å². The lowest BCUT2D eigenvalue weighted by Gasteiger charge is -2.18. The van der Waals surface area contributed by atoms with Gasteiger partial charge in [0.15, 0.2) is 5.69 Å². The number of aryl methyl sites for hydroxylation is 2. The van der Waals surface area contributed by atoms with Gasteiger partial charge in [0.05, 0.1) is 5.02 Å². The number of anilines is 1. The maximum atomic E-state index is 13.6. The number of benzene rings is 2. The van der Waals surface area contributed by atoms with Gasteiger partial charge in [-0.05, 0) is 37.0 Å². The summed E-state index contributed by atoms with van der Waals surface area (Å²) in [7, 11) is 0. The molecule has 3 aromatic rings. The van der Waals surface area contributed by atoms with Gasteiger partial charge in [-0.1, -0.05) is 61.3 Å². The number of amides is 1. The van der Waals surface area contributed by atoms with Gasteiger partial charge in [0.1, 0.15) is 9.88 Å². The number of nitrogens with one attached hydrogen (secondary N) is 1. The topological polar surface area (TPSA) is 42.0 Å². The lowest BCUT2D eigenvalue weighted by Crippen LogP contribution is -2.18. The van der Waals surface area contributed by atoms with Crippen LogP contribution in [0.4, 0.5) is 18.9 Å². The second-order valence-corrected chi connectivity index (χ2v) is 8.74. The van der Waals surface area contributed by atoms with Gasteiger partial charge in [0.25, 0.3) is 5.91 Å². The summed E-state index contributed by atoms with van der Waals surface area (Å²) >= 11 is 6.80. The highest BCUT2D eigenvalue weighted by Crippen LogP contribution is 2.40. The molecule has 0 radical (unpaired) electrons. The number of aromatic nitrogens is 1. The fraction of sp³-hybridized carbons (Fsp3) is 0.273. The molecule has 0 spiro atoms. The maximum absolute atomic E-state index is 13.6. The van der Waals surface area contributed by atoms with E-state index in [0.717, 1.165) is 16.7 Å². The van der Waals surface area contributed by atoms with Gasteiger partial charge in [-0.25, -0.2) is 4.98 Å². The third-order valence-corrected chi connectivity index (χ3v) is 5.99. The number of hydrogen-bond donors (Lipinski definition) is 1. The predicted molar refractivity (Wildman–Crippen MR) is 116 cm³/mol. The van der Waals surface area contributed by atoms with Gasteiger partial charge in [-0.15, -0.1) is 11.3 Å². The Hall–Kier alpha value is -2.38. The summed E-state index contributed by atoms with van der Waals surface area (Å²) in [6, 6.07) is 10.3. The van der Waals surface area contributed by atoms with E-state index in [4.69, 9.17) is 11.6 Å². The van der Waals surface area contributed by atoms with Crippen LogP contribution in [0.5, 0.6) is 0 Å². The molecule has 0 aliphatic carbocycles. The smallest absolute Gasteiger partial charge is 0.321 e. The van der Waals surface area contributed by atoms with Crippen LogP contribution >= 0.6 is 22.9 Å². The van der Waals surface area contributed by atoms with Crippen molar-refractivity contribution in [2.75, 3.05) is 5.32 Å². The molecule has 3 nitrogen and oxygen atoms in total. The molecule has 0 atom stereocenters. The van der Waals surface area contributed by atoms with E-state index >= 15 is 0 Å². The molecule has 0 saturated carbocycles. The highest BCUT2D eigenvalue weighted by Gasteiger charge is 2.40. The van der Waals surface area contributed by atoms with Crippen LogP contribution in [0.2, 0.25) is 5.02 Å². The Balaban J connectivity index is 2.08. The first kappa shape index (κ1) is 22.3. The van der Waals surface area contributed by atoms with Gasteiger partial charge in [-0.3, -0.25) is 4.79 Å². The third-order valence-electron chi connectivity index (χ3n) is 4.58. The first-order chi connectivity index (χ1) is 14.0. The predicted octanol–water partition coefficient (Wildman–Crippen LogP) is 7.47. The van der Waals surface area contributed by atoms with Crippen LogP contribution in [0.15, 0.2) is 36.4 Å². The standard InChI is InChI=1S/C22H20ClF3N2OS/c1-11(2)15-10-12(3)9-13(4)17(15)27-20(29)18-19(22(24,25)26)28-21(30-18)14-7-5-6-8-16(14)23/h5-11H,1-4H3,(H,27,29). The number of carbonyl (C=O) groups is 1. The summed E-state index contributed by atoms with van der Waals surface area (Å²) in [6.45, 7) is 7.69. The summed E-state index contributed by atoms with van der Waals surface area (Å²) in [5.74, 6) is -0.756. The Kier molecular flexibility index (Phi) is 6.24. The van der Waals surface area contributed by atoms with Crippen LogP contribution in [0, 0.1) is 13.8 Å². The average Bonchev–Trinajstić information content (AvgIpc) is 3.09. The molecule has 0 bridgehead atoms. The molecule has 1 heterocycles. The van der Waals surface area contributed by atoms with Gasteiger partial charge >= 0.3 is 6.18 Å². The number of alkyl halides is 3. The van der Waals surface area contributed by atoms with E-state index in [1.165, 1.54) is 0 Å². The van der Waals surface area contributed by atoms with E-state index in [0.29, 0.717) is 22.6 Å². The number of halogens is 4. The van der Waals surface area contributed by atoms with E-state index in [9.17, 15) is 18.0 Å². The Morgan fingerprint density at radius 3 is 2.43 bits per heavy atom. The van der Waals surface area contributed by atoms with Crippen LogP contribution in [0.25, 0.3) is 10.6 Å². The van der Waals surface area contributed by atoms with E-state index in [2.05, 4.69) is 10.3 Å². The first-order valence-corrected chi connectivity index (χ1v) is 10.4. The largest absolute Gasteiger partial charge is 0.435 e. The number of carbonyl (C=O) groups excluding carboxylic acids is 1. The fourth-order valence-electron chi connectivity index (χ4n) is 3.21. The quantitative estimate of drug-likeness (QED) is 0.446. The third kappa shape index (κ3) is 4.52. The molecule has 1 aromatic heterocycles. The molecule has 1 N–H and O–H groups in total. The monoisotopic (exact) mass is 452 g/mol. The van der Waals surface area contributed by atoms with Crippen molar-refractivity contribution in [1.29, 1.82) is 0 Å². The maximum Gasteiger partial charge on any atom is 0.435 e. The average molecular weight is 453 g/mol. The Morgan fingerprint density at radius 1 is 1.17 bits per heavy atom. The number of hydrogen-bond acceptors (Lipinski definition) is 3. The number of thiazole rings is 1. The normalized spacial score (nSPS) is 11.8. The summed E-state index contributed by atoms with van der Waals surface area (Å²) in [5.41, 5.74) is 2.34. The van der Waals surface area contributed by atoms with Crippen molar-refractivity contribution in [2.45, 2.75) is 39.8 Å². The second-order valence-electron chi connectivity index (χ2n) is 7.33. The van der Waals surface area contributed by atoms with Crippen molar-refractivity contribution in [3.8, 4) is 10.6 Å². The Morgan fingerprint density at radius 2 is 1.83 bits per heavy atom. The Labute approximate surface area is 181 Å². The molecule has 2 aromatic carbocycles. The van der Waals surface area contributed by atoms with Gasteiger partial charge < -0.3 is 5.32 Å². The molecular formula is C22H20ClF3N2OS. The number of nitrogens with zero attached hydrogens (tertiary/aromatic N) is 1. The molecule has 0 aliphatic rings. The minimum Gasteiger partial charge on any atom is -0.321 e. The molecule has 158 valence electrons. The first-order valence-electron chi connectivity index (χ1n) is 9.24. The summed E-state index contributed by atoms with van der Waals surface area (Å²) in [6.07, 6.45) is -4.77. The van der Waals surface area contributed by atoms with Crippen LogP contribution in [0.1, 0.15) is 51.8 Å². The van der Waals surface area contributed by atoms with Crippen molar-refractivity contribution < 1.29 is 18.0 Å². The molecule has 1 amide bonds. The minimum absolute atomic E-state index is 0.0442.